The maximum absolute atomic E-state index is 4.41. The lowest BCUT2D eigenvalue weighted by Crippen LogP contribution is -2.15. The van der Waals surface area contributed by atoms with Gasteiger partial charge in [-0.25, -0.2) is 9.50 Å². The third-order valence-corrected chi connectivity index (χ3v) is 2.07. The summed E-state index contributed by atoms with van der Waals surface area (Å²) in [5.41, 5.74) is 0.918. The van der Waals surface area contributed by atoms with Gasteiger partial charge in [0.25, 0.3) is 0 Å². The molecule has 0 amide bonds. The number of rotatable bonds is 3. The zero-order valence-corrected chi connectivity index (χ0v) is 8.51. The zero-order chi connectivity index (χ0) is 9.97. The van der Waals surface area contributed by atoms with Crippen LogP contribution in [0.15, 0.2) is 24.4 Å². The molecular weight excluding hydrogens is 176 g/mol. The Kier molecular flexibility index (Phi) is 2.45. The van der Waals surface area contributed by atoms with Gasteiger partial charge in [0.05, 0.1) is 0 Å². The normalized spacial score (nSPS) is 11.4. The summed E-state index contributed by atoms with van der Waals surface area (Å²) in [5, 5.41) is 4.36. The summed E-state index contributed by atoms with van der Waals surface area (Å²) < 4.78 is 1.81. The van der Waals surface area contributed by atoms with Crippen LogP contribution in [0.3, 0.4) is 0 Å². The van der Waals surface area contributed by atoms with Gasteiger partial charge >= 0.3 is 0 Å². The van der Waals surface area contributed by atoms with Crippen LogP contribution in [0.5, 0.6) is 0 Å². The minimum atomic E-state index is 0.898. The number of fused-ring (bicyclic) bond motifs is 1. The molecule has 74 valence electrons. The summed E-state index contributed by atoms with van der Waals surface area (Å²) in [5.74, 6) is 0.907. The van der Waals surface area contributed by atoms with Crippen molar-refractivity contribution in [3.63, 3.8) is 0 Å². The Bertz CT molecular complexity index is 386. The second-order valence-electron chi connectivity index (χ2n) is 3.58. The van der Waals surface area contributed by atoms with Crippen LogP contribution in [0, 0.1) is 0 Å². The van der Waals surface area contributed by atoms with E-state index in [-0.39, 0.29) is 0 Å². The lowest BCUT2D eigenvalue weighted by atomic mass is 10.4. The lowest BCUT2D eigenvalue weighted by molar-refractivity contribution is 0.409. The van der Waals surface area contributed by atoms with Crippen LogP contribution >= 0.6 is 0 Å². The van der Waals surface area contributed by atoms with E-state index in [2.05, 4.69) is 29.1 Å². The van der Waals surface area contributed by atoms with Gasteiger partial charge in [0.2, 0.25) is 0 Å². The van der Waals surface area contributed by atoms with Crippen molar-refractivity contribution in [2.75, 3.05) is 20.6 Å². The van der Waals surface area contributed by atoms with E-state index < -0.39 is 0 Å². The van der Waals surface area contributed by atoms with Crippen molar-refractivity contribution in [1.29, 1.82) is 0 Å². The number of hydrogen-bond acceptors (Lipinski definition) is 3. The van der Waals surface area contributed by atoms with Crippen molar-refractivity contribution in [3.05, 3.63) is 30.2 Å². The first kappa shape index (κ1) is 9.15. The molecular formula is C10H14N4. The highest BCUT2D eigenvalue weighted by molar-refractivity contribution is 5.36. The van der Waals surface area contributed by atoms with E-state index in [4.69, 9.17) is 0 Å². The Labute approximate surface area is 83.2 Å². The van der Waals surface area contributed by atoms with Gasteiger partial charge in [-0.05, 0) is 26.2 Å². The van der Waals surface area contributed by atoms with E-state index in [1.165, 1.54) is 0 Å². The van der Waals surface area contributed by atoms with E-state index in [1.807, 2.05) is 28.9 Å². The van der Waals surface area contributed by atoms with Crippen molar-refractivity contribution in [2.45, 2.75) is 6.42 Å². The summed E-state index contributed by atoms with van der Waals surface area (Å²) in [4.78, 5) is 6.54. The van der Waals surface area contributed by atoms with Gasteiger partial charge in [-0.1, -0.05) is 6.07 Å². The molecule has 0 radical (unpaired) electrons. The van der Waals surface area contributed by atoms with Gasteiger partial charge in [0.1, 0.15) is 0 Å². The average molecular weight is 190 g/mol. The summed E-state index contributed by atoms with van der Waals surface area (Å²) >= 11 is 0. The molecule has 2 rings (SSSR count). The molecule has 0 aliphatic rings. The number of hydrogen-bond donors (Lipinski definition) is 0. The molecule has 4 nitrogen and oxygen atoms in total. The van der Waals surface area contributed by atoms with Crippen molar-refractivity contribution < 1.29 is 0 Å². The third-order valence-electron chi connectivity index (χ3n) is 2.07. The number of likely N-dealkylation sites (N-methyl/N-ethyl adjacent to an activating group) is 1. The molecule has 2 heterocycles. The fourth-order valence-electron chi connectivity index (χ4n) is 1.31. The molecule has 0 bridgehead atoms. The predicted molar refractivity (Wildman–Crippen MR) is 55.2 cm³/mol. The summed E-state index contributed by atoms with van der Waals surface area (Å²) in [6.45, 7) is 0.983. The molecule has 4 heteroatoms. The molecule has 0 N–H and O–H groups in total. The van der Waals surface area contributed by atoms with Gasteiger partial charge in [0.15, 0.2) is 11.5 Å². The van der Waals surface area contributed by atoms with Crippen LogP contribution in [0.4, 0.5) is 0 Å². The van der Waals surface area contributed by atoms with Crippen LogP contribution in [-0.4, -0.2) is 40.1 Å². The van der Waals surface area contributed by atoms with Crippen molar-refractivity contribution in [3.8, 4) is 0 Å². The third kappa shape index (κ3) is 1.90. The number of pyridine rings is 1. The maximum atomic E-state index is 4.41. The molecule has 2 aromatic rings. The minimum absolute atomic E-state index is 0.898. The topological polar surface area (TPSA) is 33.4 Å². The highest BCUT2D eigenvalue weighted by atomic mass is 15.3. The highest BCUT2D eigenvalue weighted by Crippen LogP contribution is 2.00. The van der Waals surface area contributed by atoms with Crippen LogP contribution in [0.25, 0.3) is 5.65 Å². The summed E-state index contributed by atoms with van der Waals surface area (Å²) in [7, 11) is 4.10. The lowest BCUT2D eigenvalue weighted by Gasteiger charge is -2.05. The molecule has 0 saturated heterocycles. The predicted octanol–water partition coefficient (Wildman–Crippen LogP) is 0.833. The number of aromatic nitrogens is 3. The summed E-state index contributed by atoms with van der Waals surface area (Å²) in [6, 6.07) is 5.89. The fourth-order valence-corrected chi connectivity index (χ4v) is 1.31. The molecule has 0 unspecified atom stereocenters. The monoisotopic (exact) mass is 190 g/mol. The maximum Gasteiger partial charge on any atom is 0.155 e. The molecule has 0 aliphatic carbocycles. The van der Waals surface area contributed by atoms with Gasteiger partial charge in [-0.2, -0.15) is 5.10 Å². The molecule has 0 aliphatic heterocycles. The van der Waals surface area contributed by atoms with Gasteiger partial charge < -0.3 is 4.90 Å². The van der Waals surface area contributed by atoms with Crippen LogP contribution in [0.1, 0.15) is 5.82 Å². The second kappa shape index (κ2) is 3.75. The van der Waals surface area contributed by atoms with E-state index >= 15 is 0 Å². The first-order valence-corrected chi connectivity index (χ1v) is 4.71. The van der Waals surface area contributed by atoms with Crippen LogP contribution in [0.2, 0.25) is 0 Å². The smallest absolute Gasteiger partial charge is 0.155 e. The largest absolute Gasteiger partial charge is 0.309 e. The molecule has 14 heavy (non-hydrogen) atoms. The molecule has 2 aromatic heterocycles. The highest BCUT2D eigenvalue weighted by Gasteiger charge is 2.02. The average Bonchev–Trinajstić information content (AvgIpc) is 2.57. The Morgan fingerprint density at radius 2 is 2.21 bits per heavy atom. The molecule has 0 saturated carbocycles. The molecule has 0 fully saturated rings. The SMILES string of the molecule is CN(C)CCc1nc2ccccn2n1. The first-order valence-electron chi connectivity index (χ1n) is 4.71. The Balaban J connectivity index is 2.19. The molecule has 0 atom stereocenters. The molecule has 0 spiro atoms. The Hall–Kier alpha value is -1.42. The van der Waals surface area contributed by atoms with Crippen molar-refractivity contribution in [2.24, 2.45) is 0 Å². The van der Waals surface area contributed by atoms with Crippen molar-refractivity contribution >= 4 is 5.65 Å². The van der Waals surface area contributed by atoms with E-state index in [0.717, 1.165) is 24.4 Å². The van der Waals surface area contributed by atoms with Crippen LogP contribution < -0.4 is 0 Å². The van der Waals surface area contributed by atoms with E-state index in [9.17, 15) is 0 Å². The van der Waals surface area contributed by atoms with Gasteiger partial charge in [0, 0.05) is 19.2 Å². The Morgan fingerprint density at radius 3 is 2.93 bits per heavy atom. The van der Waals surface area contributed by atoms with Crippen LogP contribution in [-0.2, 0) is 6.42 Å². The van der Waals surface area contributed by atoms with Gasteiger partial charge in [-0.15, -0.1) is 0 Å². The minimum Gasteiger partial charge on any atom is -0.309 e. The fraction of sp³-hybridized carbons (Fsp3) is 0.400. The second-order valence-corrected chi connectivity index (χ2v) is 3.58. The van der Waals surface area contributed by atoms with E-state index in [1.54, 1.807) is 0 Å². The quantitative estimate of drug-likeness (QED) is 0.719. The Morgan fingerprint density at radius 1 is 1.36 bits per heavy atom. The zero-order valence-electron chi connectivity index (χ0n) is 8.51. The van der Waals surface area contributed by atoms with Crippen molar-refractivity contribution in [1.82, 2.24) is 19.5 Å². The van der Waals surface area contributed by atoms with E-state index in [0.29, 0.717) is 0 Å². The summed E-state index contributed by atoms with van der Waals surface area (Å²) in [6.07, 6.45) is 2.82. The number of nitrogens with zero attached hydrogens (tertiary/aromatic N) is 4. The molecule has 0 aromatic carbocycles. The standard InChI is InChI=1S/C10H14N4/c1-13(2)8-6-9-11-10-5-3-4-7-14(10)12-9/h3-5,7H,6,8H2,1-2H3. The van der Waals surface area contributed by atoms with Gasteiger partial charge in [-0.3, -0.25) is 0 Å². The first-order chi connectivity index (χ1) is 6.75.